The van der Waals surface area contributed by atoms with Crippen molar-refractivity contribution in [1.29, 1.82) is 0 Å². The van der Waals surface area contributed by atoms with Crippen LogP contribution in [0, 0.1) is 0 Å². The highest BCUT2D eigenvalue weighted by Crippen LogP contribution is 2.23. The Bertz CT molecular complexity index is 365. The fourth-order valence-electron chi connectivity index (χ4n) is 2.84. The van der Waals surface area contributed by atoms with Gasteiger partial charge in [0.1, 0.15) is 5.82 Å². The van der Waals surface area contributed by atoms with Crippen LogP contribution in [0.2, 0.25) is 0 Å². The van der Waals surface area contributed by atoms with E-state index in [0.717, 1.165) is 24.9 Å². The van der Waals surface area contributed by atoms with Gasteiger partial charge in [-0.05, 0) is 38.8 Å². The third kappa shape index (κ3) is 3.22. The largest absolute Gasteiger partial charge is 0.370 e. The van der Waals surface area contributed by atoms with Crippen molar-refractivity contribution in [2.24, 2.45) is 0 Å². The molecule has 2 rings (SSSR count). The SMILES string of the molecule is CCNc1ncccc1CN1CCCCC1CC. The molecule has 1 fully saturated rings. The first kappa shape index (κ1) is 13.3. The summed E-state index contributed by atoms with van der Waals surface area (Å²) in [4.78, 5) is 7.07. The smallest absolute Gasteiger partial charge is 0.130 e. The van der Waals surface area contributed by atoms with Crippen LogP contribution in [-0.2, 0) is 6.54 Å². The maximum atomic E-state index is 4.45. The van der Waals surface area contributed by atoms with E-state index in [1.807, 2.05) is 12.3 Å². The first-order valence-corrected chi connectivity index (χ1v) is 7.27. The number of nitrogens with zero attached hydrogens (tertiary/aromatic N) is 2. The van der Waals surface area contributed by atoms with Gasteiger partial charge in [-0.1, -0.05) is 19.4 Å². The molecular weight excluding hydrogens is 222 g/mol. The van der Waals surface area contributed by atoms with Crippen LogP contribution in [0.5, 0.6) is 0 Å². The van der Waals surface area contributed by atoms with Crippen molar-refractivity contribution in [2.45, 2.75) is 52.1 Å². The number of pyridine rings is 1. The molecule has 1 N–H and O–H groups in total. The second kappa shape index (κ2) is 6.74. The minimum Gasteiger partial charge on any atom is -0.370 e. The van der Waals surface area contributed by atoms with Gasteiger partial charge >= 0.3 is 0 Å². The average Bonchev–Trinajstić information content (AvgIpc) is 2.42. The Morgan fingerprint density at radius 3 is 3.06 bits per heavy atom. The molecule has 18 heavy (non-hydrogen) atoms. The first-order valence-electron chi connectivity index (χ1n) is 7.27. The lowest BCUT2D eigenvalue weighted by Gasteiger charge is -2.35. The van der Waals surface area contributed by atoms with Gasteiger partial charge in [0.2, 0.25) is 0 Å². The molecule has 3 heteroatoms. The zero-order valence-corrected chi connectivity index (χ0v) is 11.7. The molecule has 1 aliphatic heterocycles. The van der Waals surface area contributed by atoms with Crippen LogP contribution in [0.15, 0.2) is 18.3 Å². The summed E-state index contributed by atoms with van der Waals surface area (Å²) in [7, 11) is 0. The van der Waals surface area contributed by atoms with E-state index in [2.05, 4.69) is 35.1 Å². The van der Waals surface area contributed by atoms with Crippen molar-refractivity contribution >= 4 is 5.82 Å². The molecule has 3 nitrogen and oxygen atoms in total. The Morgan fingerprint density at radius 1 is 1.39 bits per heavy atom. The van der Waals surface area contributed by atoms with Gasteiger partial charge in [0.05, 0.1) is 0 Å². The van der Waals surface area contributed by atoms with E-state index in [1.165, 1.54) is 37.8 Å². The Hall–Kier alpha value is -1.09. The molecule has 0 radical (unpaired) electrons. The monoisotopic (exact) mass is 247 g/mol. The summed E-state index contributed by atoms with van der Waals surface area (Å²) in [6, 6.07) is 5.00. The highest BCUT2D eigenvalue weighted by molar-refractivity contribution is 5.43. The normalized spacial score (nSPS) is 20.9. The summed E-state index contributed by atoms with van der Waals surface area (Å²) in [5, 5.41) is 3.36. The number of piperidine rings is 1. The molecule has 0 bridgehead atoms. The van der Waals surface area contributed by atoms with Gasteiger partial charge in [-0.3, -0.25) is 4.90 Å². The minimum atomic E-state index is 0.758. The van der Waals surface area contributed by atoms with Crippen molar-refractivity contribution in [1.82, 2.24) is 9.88 Å². The number of likely N-dealkylation sites (tertiary alicyclic amines) is 1. The van der Waals surface area contributed by atoms with E-state index in [1.54, 1.807) is 0 Å². The fourth-order valence-corrected chi connectivity index (χ4v) is 2.84. The predicted molar refractivity (Wildman–Crippen MR) is 76.7 cm³/mol. The minimum absolute atomic E-state index is 0.758. The van der Waals surface area contributed by atoms with Crippen LogP contribution in [0.1, 0.15) is 45.1 Å². The van der Waals surface area contributed by atoms with Crippen molar-refractivity contribution in [3.05, 3.63) is 23.9 Å². The maximum absolute atomic E-state index is 4.45. The van der Waals surface area contributed by atoms with Crippen molar-refractivity contribution in [3.8, 4) is 0 Å². The molecule has 1 aromatic rings. The third-order valence-electron chi connectivity index (χ3n) is 3.83. The number of hydrogen-bond acceptors (Lipinski definition) is 3. The Morgan fingerprint density at radius 2 is 2.28 bits per heavy atom. The van der Waals surface area contributed by atoms with Gasteiger partial charge < -0.3 is 5.32 Å². The average molecular weight is 247 g/mol. The highest BCUT2D eigenvalue weighted by Gasteiger charge is 2.21. The van der Waals surface area contributed by atoms with E-state index >= 15 is 0 Å². The summed E-state index contributed by atoms with van der Waals surface area (Å²) in [6.07, 6.45) is 7.22. The van der Waals surface area contributed by atoms with E-state index in [-0.39, 0.29) is 0 Å². The highest BCUT2D eigenvalue weighted by atomic mass is 15.2. The molecule has 100 valence electrons. The van der Waals surface area contributed by atoms with Crippen LogP contribution in [-0.4, -0.2) is 29.0 Å². The zero-order valence-electron chi connectivity index (χ0n) is 11.7. The number of anilines is 1. The maximum Gasteiger partial charge on any atom is 0.130 e. The van der Waals surface area contributed by atoms with Gasteiger partial charge in [0.25, 0.3) is 0 Å². The number of aromatic nitrogens is 1. The van der Waals surface area contributed by atoms with Gasteiger partial charge in [0.15, 0.2) is 0 Å². The summed E-state index contributed by atoms with van der Waals surface area (Å²) in [5.74, 6) is 1.06. The van der Waals surface area contributed by atoms with Gasteiger partial charge in [-0.25, -0.2) is 4.98 Å². The second-order valence-corrected chi connectivity index (χ2v) is 5.07. The topological polar surface area (TPSA) is 28.2 Å². The second-order valence-electron chi connectivity index (χ2n) is 5.07. The molecule has 0 saturated carbocycles. The summed E-state index contributed by atoms with van der Waals surface area (Å²) >= 11 is 0. The lowest BCUT2D eigenvalue weighted by molar-refractivity contribution is 0.136. The van der Waals surface area contributed by atoms with Crippen LogP contribution in [0.25, 0.3) is 0 Å². The summed E-state index contributed by atoms with van der Waals surface area (Å²) in [6.45, 7) is 7.63. The number of rotatable bonds is 5. The van der Waals surface area contributed by atoms with Crippen LogP contribution >= 0.6 is 0 Å². The molecule has 0 aromatic carbocycles. The standard InChI is InChI=1S/C15H25N3/c1-3-14-9-5-6-11-18(14)12-13-8-7-10-17-15(13)16-4-2/h7-8,10,14H,3-6,9,11-12H2,1-2H3,(H,16,17). The molecule has 1 unspecified atom stereocenters. The Kier molecular flexibility index (Phi) is 5.00. The molecule has 1 aromatic heterocycles. The lowest BCUT2D eigenvalue weighted by atomic mass is 9.99. The van der Waals surface area contributed by atoms with Crippen LogP contribution in [0.3, 0.4) is 0 Å². The van der Waals surface area contributed by atoms with Gasteiger partial charge in [0, 0.05) is 30.9 Å². The van der Waals surface area contributed by atoms with Crippen LogP contribution < -0.4 is 5.32 Å². The van der Waals surface area contributed by atoms with E-state index in [9.17, 15) is 0 Å². The summed E-state index contributed by atoms with van der Waals surface area (Å²) in [5.41, 5.74) is 1.33. The van der Waals surface area contributed by atoms with Gasteiger partial charge in [-0.2, -0.15) is 0 Å². The molecule has 1 aliphatic rings. The van der Waals surface area contributed by atoms with Crippen LogP contribution in [0.4, 0.5) is 5.82 Å². The van der Waals surface area contributed by atoms with Gasteiger partial charge in [-0.15, -0.1) is 0 Å². The predicted octanol–water partition coefficient (Wildman–Crippen LogP) is 3.28. The number of hydrogen-bond donors (Lipinski definition) is 1. The Labute approximate surface area is 111 Å². The molecule has 0 amide bonds. The van der Waals surface area contributed by atoms with E-state index in [4.69, 9.17) is 0 Å². The molecule has 0 aliphatic carbocycles. The fraction of sp³-hybridized carbons (Fsp3) is 0.667. The quantitative estimate of drug-likeness (QED) is 0.865. The molecule has 1 saturated heterocycles. The first-order chi connectivity index (χ1) is 8.85. The zero-order chi connectivity index (χ0) is 12.8. The Balaban J connectivity index is 2.07. The number of nitrogens with one attached hydrogen (secondary N) is 1. The molecule has 1 atom stereocenters. The van der Waals surface area contributed by atoms with Crippen molar-refractivity contribution in [3.63, 3.8) is 0 Å². The third-order valence-corrected chi connectivity index (χ3v) is 3.83. The van der Waals surface area contributed by atoms with E-state index < -0.39 is 0 Å². The van der Waals surface area contributed by atoms with Crippen molar-refractivity contribution in [2.75, 3.05) is 18.4 Å². The van der Waals surface area contributed by atoms with Crippen molar-refractivity contribution < 1.29 is 0 Å². The lowest BCUT2D eigenvalue weighted by Crippen LogP contribution is -2.38. The molecular formula is C15H25N3. The van der Waals surface area contributed by atoms with E-state index in [0.29, 0.717) is 0 Å². The molecule has 0 spiro atoms. The molecule has 2 heterocycles. The summed E-state index contributed by atoms with van der Waals surface area (Å²) < 4.78 is 0.